The van der Waals surface area contributed by atoms with E-state index in [9.17, 15) is 0 Å². The number of hydrogen-bond acceptors (Lipinski definition) is 4. The number of likely N-dealkylation sites (N-methyl/N-ethyl adjacent to an activating group) is 1. The molecule has 0 unspecified atom stereocenters. The minimum atomic E-state index is 0.255. The van der Waals surface area contributed by atoms with Gasteiger partial charge in [-0.15, -0.1) is 0 Å². The maximum Gasteiger partial charge on any atom is 0.0955 e. The first-order valence-corrected chi connectivity index (χ1v) is 2.89. The highest BCUT2D eigenvalue weighted by atomic mass is 15.1. The molecule has 0 aromatic rings. The molecule has 0 saturated carbocycles. The van der Waals surface area contributed by atoms with Crippen LogP contribution in [0.1, 0.15) is 0 Å². The zero-order valence-electron chi connectivity index (χ0n) is 6.33. The van der Waals surface area contributed by atoms with Crippen molar-refractivity contribution in [1.82, 2.24) is 4.90 Å². The number of rotatable bonds is 2. The van der Waals surface area contributed by atoms with Gasteiger partial charge in [0.2, 0.25) is 0 Å². The molecule has 0 fully saturated rings. The minimum absolute atomic E-state index is 0.255. The molecule has 0 spiro atoms. The summed E-state index contributed by atoms with van der Waals surface area (Å²) in [4.78, 5) is 1.82. The van der Waals surface area contributed by atoms with E-state index in [1.165, 1.54) is 6.20 Å². The van der Waals surface area contributed by atoms with E-state index in [1.807, 2.05) is 19.0 Å². The van der Waals surface area contributed by atoms with Crippen molar-refractivity contribution in [2.24, 2.45) is 17.2 Å². The van der Waals surface area contributed by atoms with Crippen LogP contribution >= 0.6 is 0 Å². The van der Waals surface area contributed by atoms with Crippen LogP contribution in [-0.2, 0) is 0 Å². The second kappa shape index (κ2) is 3.66. The van der Waals surface area contributed by atoms with Crippen LogP contribution in [0, 0.1) is 0 Å². The third-order valence-corrected chi connectivity index (χ3v) is 1.00. The summed E-state index contributed by atoms with van der Waals surface area (Å²) in [6.45, 7) is 0. The third kappa shape index (κ3) is 2.86. The average Bonchev–Trinajstić information content (AvgIpc) is 1.81. The summed E-state index contributed by atoms with van der Waals surface area (Å²) in [6, 6.07) is 0. The van der Waals surface area contributed by atoms with Gasteiger partial charge in [-0.1, -0.05) is 0 Å². The fraction of sp³-hybridized carbons (Fsp3) is 0.333. The van der Waals surface area contributed by atoms with Crippen molar-refractivity contribution in [1.29, 1.82) is 0 Å². The van der Waals surface area contributed by atoms with Gasteiger partial charge in [0.15, 0.2) is 0 Å². The van der Waals surface area contributed by atoms with Gasteiger partial charge < -0.3 is 22.1 Å². The molecule has 10 heavy (non-hydrogen) atoms. The molecule has 0 heterocycles. The van der Waals surface area contributed by atoms with Gasteiger partial charge >= 0.3 is 0 Å². The largest absolute Gasteiger partial charge is 0.403 e. The van der Waals surface area contributed by atoms with Crippen LogP contribution in [0.25, 0.3) is 0 Å². The van der Waals surface area contributed by atoms with Crippen molar-refractivity contribution in [3.63, 3.8) is 0 Å². The fourth-order valence-corrected chi connectivity index (χ4v) is 0.497. The van der Waals surface area contributed by atoms with Gasteiger partial charge in [0, 0.05) is 26.4 Å². The van der Waals surface area contributed by atoms with E-state index in [-0.39, 0.29) is 5.82 Å². The lowest BCUT2D eigenvalue weighted by Crippen LogP contribution is -2.15. The lowest BCUT2D eigenvalue weighted by atomic mass is 10.4. The lowest BCUT2D eigenvalue weighted by molar-refractivity contribution is 0.527. The first kappa shape index (κ1) is 8.68. The Hall–Kier alpha value is -1.32. The monoisotopic (exact) mass is 142 g/mol. The quantitative estimate of drug-likeness (QED) is 0.437. The molecule has 4 heteroatoms. The van der Waals surface area contributed by atoms with E-state index in [0.717, 1.165) is 5.70 Å². The van der Waals surface area contributed by atoms with E-state index in [0.29, 0.717) is 0 Å². The molecule has 58 valence electrons. The summed E-state index contributed by atoms with van der Waals surface area (Å²) < 4.78 is 0. The Bertz CT molecular complexity index is 153. The molecule has 0 aliphatic carbocycles. The zero-order chi connectivity index (χ0) is 8.15. The van der Waals surface area contributed by atoms with Crippen molar-refractivity contribution < 1.29 is 0 Å². The highest BCUT2D eigenvalue weighted by molar-refractivity contribution is 5.17. The van der Waals surface area contributed by atoms with Gasteiger partial charge in [-0.3, -0.25) is 0 Å². The summed E-state index contributed by atoms with van der Waals surface area (Å²) in [6.07, 6.45) is 3.04. The first-order chi connectivity index (χ1) is 4.57. The van der Waals surface area contributed by atoms with Crippen molar-refractivity contribution in [3.8, 4) is 0 Å². The molecule has 0 atom stereocenters. The first-order valence-electron chi connectivity index (χ1n) is 2.89. The summed E-state index contributed by atoms with van der Waals surface area (Å²) in [5.41, 5.74) is 16.5. The molecule has 0 aliphatic heterocycles. The third-order valence-electron chi connectivity index (χ3n) is 1.00. The van der Waals surface area contributed by atoms with Gasteiger partial charge in [0.1, 0.15) is 0 Å². The molecule has 0 rings (SSSR count). The average molecular weight is 142 g/mol. The Labute approximate surface area is 61.0 Å². The van der Waals surface area contributed by atoms with Crippen molar-refractivity contribution in [2.75, 3.05) is 14.1 Å². The number of nitrogens with zero attached hydrogens (tertiary/aromatic N) is 1. The maximum absolute atomic E-state index is 5.26. The molecule has 0 aromatic heterocycles. The molecule has 0 radical (unpaired) electrons. The van der Waals surface area contributed by atoms with Gasteiger partial charge in [-0.05, 0) is 0 Å². The van der Waals surface area contributed by atoms with Crippen LogP contribution in [0.5, 0.6) is 0 Å². The van der Waals surface area contributed by atoms with Crippen molar-refractivity contribution in [2.45, 2.75) is 0 Å². The van der Waals surface area contributed by atoms with Crippen LogP contribution in [-0.4, -0.2) is 19.0 Å². The Morgan fingerprint density at radius 1 is 1.30 bits per heavy atom. The molecular formula is C6H14N4. The molecule has 0 aromatic carbocycles. The van der Waals surface area contributed by atoms with E-state index < -0.39 is 0 Å². The fourth-order valence-electron chi connectivity index (χ4n) is 0.497. The van der Waals surface area contributed by atoms with Crippen molar-refractivity contribution >= 4 is 0 Å². The van der Waals surface area contributed by atoms with Gasteiger partial charge in [0.25, 0.3) is 0 Å². The predicted molar refractivity (Wildman–Crippen MR) is 42.4 cm³/mol. The van der Waals surface area contributed by atoms with E-state index >= 15 is 0 Å². The van der Waals surface area contributed by atoms with Crippen LogP contribution in [0.3, 0.4) is 0 Å². The van der Waals surface area contributed by atoms with Gasteiger partial charge in [-0.25, -0.2) is 0 Å². The predicted octanol–water partition coefficient (Wildman–Crippen LogP) is -0.893. The van der Waals surface area contributed by atoms with Crippen LogP contribution < -0.4 is 17.2 Å². The Kier molecular flexibility index (Phi) is 3.17. The summed E-state index contributed by atoms with van der Waals surface area (Å²) in [5.74, 6) is 0.255. The smallest absolute Gasteiger partial charge is 0.0955 e. The zero-order valence-corrected chi connectivity index (χ0v) is 6.33. The molecule has 0 bridgehead atoms. The molecule has 6 N–H and O–H groups in total. The molecule has 0 amide bonds. The topological polar surface area (TPSA) is 81.3 Å². The van der Waals surface area contributed by atoms with Crippen LogP contribution in [0.2, 0.25) is 0 Å². The highest BCUT2D eigenvalue weighted by Gasteiger charge is 1.92. The standard InChI is InChI=1S/C6H14N4/c1-10(2)5(4-7)3-6(8)9/h3-4H,7-9H2,1-2H3. The van der Waals surface area contributed by atoms with Gasteiger partial charge in [-0.2, -0.15) is 0 Å². The van der Waals surface area contributed by atoms with E-state index in [2.05, 4.69) is 0 Å². The van der Waals surface area contributed by atoms with Crippen molar-refractivity contribution in [3.05, 3.63) is 23.8 Å². The lowest BCUT2D eigenvalue weighted by Gasteiger charge is -2.12. The SMILES string of the molecule is CN(C)C(C=C(N)N)=CN. The summed E-state index contributed by atoms with van der Waals surface area (Å²) in [7, 11) is 3.72. The number of hydrogen-bond donors (Lipinski definition) is 3. The summed E-state index contributed by atoms with van der Waals surface area (Å²) >= 11 is 0. The van der Waals surface area contributed by atoms with Gasteiger partial charge in [0.05, 0.1) is 11.5 Å². The second-order valence-corrected chi connectivity index (χ2v) is 2.13. The molecule has 4 nitrogen and oxygen atoms in total. The minimum Gasteiger partial charge on any atom is -0.403 e. The maximum atomic E-state index is 5.26. The normalized spacial score (nSPS) is 10.8. The second-order valence-electron chi connectivity index (χ2n) is 2.13. The number of allylic oxidation sites excluding steroid dienone is 1. The summed E-state index contributed by atoms with van der Waals surface area (Å²) in [5, 5.41) is 0. The van der Waals surface area contributed by atoms with E-state index in [4.69, 9.17) is 17.2 Å². The Balaban J connectivity index is 4.26. The van der Waals surface area contributed by atoms with Crippen LogP contribution in [0.4, 0.5) is 0 Å². The van der Waals surface area contributed by atoms with Crippen LogP contribution in [0.15, 0.2) is 23.8 Å². The highest BCUT2D eigenvalue weighted by Crippen LogP contribution is 1.97. The number of nitrogens with two attached hydrogens (primary N) is 3. The molecule has 0 aliphatic rings. The molecular weight excluding hydrogens is 128 g/mol. The Morgan fingerprint density at radius 2 is 1.80 bits per heavy atom. The van der Waals surface area contributed by atoms with E-state index in [1.54, 1.807) is 6.08 Å². The molecule has 0 saturated heterocycles. The Morgan fingerprint density at radius 3 is 1.90 bits per heavy atom.